The van der Waals surface area contributed by atoms with Gasteiger partial charge in [-0.1, -0.05) is 15.9 Å². The molecule has 0 amide bonds. The third kappa shape index (κ3) is 1.67. The fraction of sp³-hybridized carbons (Fsp3) is 0.333. The van der Waals surface area contributed by atoms with Gasteiger partial charge in [-0.15, -0.1) is 0 Å². The predicted octanol–water partition coefficient (Wildman–Crippen LogP) is 2.54. The molecule has 0 saturated heterocycles. The number of halogens is 1. The molecule has 0 aromatic heterocycles. The van der Waals surface area contributed by atoms with Crippen LogP contribution in [0.25, 0.3) is 0 Å². The van der Waals surface area contributed by atoms with E-state index in [2.05, 4.69) is 20.7 Å². The van der Waals surface area contributed by atoms with Crippen LogP contribution in [0.4, 0.5) is 0 Å². The summed E-state index contributed by atoms with van der Waals surface area (Å²) in [5, 5.41) is 0. The van der Waals surface area contributed by atoms with Crippen LogP contribution >= 0.6 is 15.9 Å². The van der Waals surface area contributed by atoms with Gasteiger partial charge in [0, 0.05) is 10.0 Å². The Morgan fingerprint density at radius 2 is 2.12 bits per heavy atom. The number of methoxy groups -OCH3 is 1. The summed E-state index contributed by atoms with van der Waals surface area (Å²) < 4.78 is 5.57. The molecule has 3 nitrogen and oxygen atoms in total. The van der Waals surface area contributed by atoms with Crippen LogP contribution in [0, 0.1) is 0 Å². The first-order chi connectivity index (χ1) is 7.69. The summed E-state index contributed by atoms with van der Waals surface area (Å²) in [6.45, 7) is 0. The van der Waals surface area contributed by atoms with Gasteiger partial charge in [-0.25, -0.2) is 4.79 Å². The van der Waals surface area contributed by atoms with E-state index in [0.29, 0.717) is 11.1 Å². The Balaban J connectivity index is 2.67. The molecule has 0 heterocycles. The van der Waals surface area contributed by atoms with E-state index in [9.17, 15) is 9.59 Å². The number of aldehydes is 1. The van der Waals surface area contributed by atoms with Gasteiger partial charge in [0.2, 0.25) is 0 Å². The van der Waals surface area contributed by atoms with Crippen molar-refractivity contribution >= 4 is 28.2 Å². The topological polar surface area (TPSA) is 43.4 Å². The van der Waals surface area contributed by atoms with E-state index in [0.717, 1.165) is 41.1 Å². The number of hydrogen-bond acceptors (Lipinski definition) is 3. The maximum Gasteiger partial charge on any atom is 0.338 e. The van der Waals surface area contributed by atoms with Crippen LogP contribution in [0.2, 0.25) is 0 Å². The largest absolute Gasteiger partial charge is 0.465 e. The lowest BCUT2D eigenvalue weighted by atomic mass is 9.98. The SMILES string of the molecule is COC(=O)c1cc(Br)c2c(c1C=O)CCC2. The highest BCUT2D eigenvalue weighted by atomic mass is 79.9. The van der Waals surface area contributed by atoms with E-state index in [4.69, 9.17) is 0 Å². The molecule has 0 bridgehead atoms. The van der Waals surface area contributed by atoms with Gasteiger partial charge in [0.25, 0.3) is 0 Å². The van der Waals surface area contributed by atoms with Crippen molar-refractivity contribution in [1.82, 2.24) is 0 Å². The molecule has 1 aromatic carbocycles. The van der Waals surface area contributed by atoms with E-state index < -0.39 is 5.97 Å². The standard InChI is InChI=1S/C12H11BrO3/c1-16-12(15)9-5-11(13)8-4-2-3-7(8)10(9)6-14/h5-6H,2-4H2,1H3. The van der Waals surface area contributed by atoms with Gasteiger partial charge in [0.15, 0.2) is 6.29 Å². The van der Waals surface area contributed by atoms with Crippen molar-refractivity contribution in [2.75, 3.05) is 7.11 Å². The van der Waals surface area contributed by atoms with Crippen LogP contribution in [-0.4, -0.2) is 19.4 Å². The van der Waals surface area contributed by atoms with Crippen LogP contribution < -0.4 is 0 Å². The van der Waals surface area contributed by atoms with Gasteiger partial charge in [-0.05, 0) is 36.5 Å². The lowest BCUT2D eigenvalue weighted by Gasteiger charge is -2.10. The minimum Gasteiger partial charge on any atom is -0.465 e. The number of esters is 1. The third-order valence-electron chi connectivity index (χ3n) is 2.92. The molecule has 0 N–H and O–H groups in total. The molecule has 0 radical (unpaired) electrons. The van der Waals surface area contributed by atoms with Gasteiger partial charge >= 0.3 is 5.97 Å². The molecular formula is C12H11BrO3. The monoisotopic (exact) mass is 282 g/mol. The fourth-order valence-electron chi connectivity index (χ4n) is 2.17. The van der Waals surface area contributed by atoms with Crippen LogP contribution in [0.1, 0.15) is 38.3 Å². The number of hydrogen-bond donors (Lipinski definition) is 0. The summed E-state index contributed by atoms with van der Waals surface area (Å²) >= 11 is 3.44. The highest BCUT2D eigenvalue weighted by Gasteiger charge is 2.23. The van der Waals surface area contributed by atoms with Crippen molar-refractivity contribution in [1.29, 1.82) is 0 Å². The third-order valence-corrected chi connectivity index (χ3v) is 3.62. The predicted molar refractivity (Wildman–Crippen MR) is 62.9 cm³/mol. The number of benzene rings is 1. The first-order valence-electron chi connectivity index (χ1n) is 5.06. The van der Waals surface area contributed by atoms with Crippen molar-refractivity contribution in [3.8, 4) is 0 Å². The van der Waals surface area contributed by atoms with Crippen molar-refractivity contribution in [3.63, 3.8) is 0 Å². The second-order valence-electron chi connectivity index (χ2n) is 3.74. The molecule has 0 saturated carbocycles. The summed E-state index contributed by atoms with van der Waals surface area (Å²) in [7, 11) is 1.32. The van der Waals surface area contributed by atoms with Gasteiger partial charge in [0.1, 0.15) is 0 Å². The molecule has 0 fully saturated rings. The van der Waals surface area contributed by atoms with Gasteiger partial charge < -0.3 is 4.74 Å². The van der Waals surface area contributed by atoms with E-state index in [1.807, 2.05) is 0 Å². The molecule has 4 heteroatoms. The molecule has 0 unspecified atom stereocenters. The maximum absolute atomic E-state index is 11.5. The average Bonchev–Trinajstić information content (AvgIpc) is 2.77. The molecular weight excluding hydrogens is 272 g/mol. The molecule has 84 valence electrons. The van der Waals surface area contributed by atoms with Crippen LogP contribution in [0.15, 0.2) is 10.5 Å². The fourth-order valence-corrected chi connectivity index (χ4v) is 2.84. The normalized spacial score (nSPS) is 13.4. The Bertz CT molecular complexity index is 466. The zero-order valence-electron chi connectivity index (χ0n) is 8.88. The summed E-state index contributed by atoms with van der Waals surface area (Å²) in [5.74, 6) is -0.461. The van der Waals surface area contributed by atoms with E-state index in [-0.39, 0.29) is 0 Å². The summed E-state index contributed by atoms with van der Waals surface area (Å²) in [6, 6.07) is 1.68. The smallest absolute Gasteiger partial charge is 0.338 e. The lowest BCUT2D eigenvalue weighted by Crippen LogP contribution is -2.08. The van der Waals surface area contributed by atoms with E-state index in [1.54, 1.807) is 6.07 Å². The lowest BCUT2D eigenvalue weighted by molar-refractivity contribution is 0.0598. The second kappa shape index (κ2) is 4.37. The zero-order valence-corrected chi connectivity index (χ0v) is 10.5. The highest BCUT2D eigenvalue weighted by molar-refractivity contribution is 9.10. The van der Waals surface area contributed by atoms with Crippen molar-refractivity contribution < 1.29 is 14.3 Å². The second-order valence-corrected chi connectivity index (χ2v) is 4.59. The number of carbonyl (C=O) groups excluding carboxylic acids is 2. The van der Waals surface area contributed by atoms with Crippen LogP contribution in [-0.2, 0) is 17.6 Å². The molecule has 2 rings (SSSR count). The van der Waals surface area contributed by atoms with Crippen molar-refractivity contribution in [2.24, 2.45) is 0 Å². The zero-order chi connectivity index (χ0) is 11.7. The summed E-state index contributed by atoms with van der Waals surface area (Å²) in [4.78, 5) is 22.6. The van der Waals surface area contributed by atoms with E-state index in [1.165, 1.54) is 7.11 Å². The Kier molecular flexibility index (Phi) is 3.10. The molecule has 16 heavy (non-hydrogen) atoms. The molecule has 0 atom stereocenters. The summed E-state index contributed by atoms with van der Waals surface area (Å²) in [6.07, 6.45) is 3.59. The maximum atomic E-state index is 11.5. The van der Waals surface area contributed by atoms with Gasteiger partial charge in [-0.3, -0.25) is 4.79 Å². The molecule has 1 aliphatic carbocycles. The average molecular weight is 283 g/mol. The van der Waals surface area contributed by atoms with Crippen LogP contribution in [0.3, 0.4) is 0 Å². The highest BCUT2D eigenvalue weighted by Crippen LogP contribution is 2.33. The first-order valence-corrected chi connectivity index (χ1v) is 5.86. The Labute approximate surface area is 102 Å². The Hall–Kier alpha value is -1.16. The van der Waals surface area contributed by atoms with Gasteiger partial charge in [-0.2, -0.15) is 0 Å². The first kappa shape index (κ1) is 11.3. The van der Waals surface area contributed by atoms with Crippen LogP contribution in [0.5, 0.6) is 0 Å². The minimum atomic E-state index is -0.461. The van der Waals surface area contributed by atoms with Crippen molar-refractivity contribution in [2.45, 2.75) is 19.3 Å². The Morgan fingerprint density at radius 3 is 2.75 bits per heavy atom. The van der Waals surface area contributed by atoms with Crippen molar-refractivity contribution in [3.05, 3.63) is 32.8 Å². The number of carbonyl (C=O) groups is 2. The van der Waals surface area contributed by atoms with E-state index >= 15 is 0 Å². The minimum absolute atomic E-state index is 0.352. The molecule has 1 aromatic rings. The number of fused-ring (bicyclic) bond motifs is 1. The number of rotatable bonds is 2. The Morgan fingerprint density at radius 1 is 1.44 bits per heavy atom. The summed E-state index contributed by atoms with van der Waals surface area (Å²) in [5.41, 5.74) is 2.98. The molecule has 1 aliphatic rings. The quantitative estimate of drug-likeness (QED) is 0.619. The molecule has 0 spiro atoms. The van der Waals surface area contributed by atoms with Gasteiger partial charge in [0.05, 0.1) is 12.7 Å². The number of ether oxygens (including phenoxy) is 1. The molecule has 0 aliphatic heterocycles.